The predicted octanol–water partition coefficient (Wildman–Crippen LogP) is 5.19. The van der Waals surface area contributed by atoms with Crippen LogP contribution in [0.3, 0.4) is 0 Å². The average Bonchev–Trinajstić information content (AvgIpc) is 2.55. The van der Waals surface area contributed by atoms with Crippen molar-refractivity contribution in [2.75, 3.05) is 0 Å². The largest absolute Gasteiger partial charge is 0.392 e. The summed E-state index contributed by atoms with van der Waals surface area (Å²) >= 11 is 0. The summed E-state index contributed by atoms with van der Waals surface area (Å²) < 4.78 is 0. The molecule has 0 amide bonds. The monoisotopic (exact) mass is 310 g/mol. The lowest BCUT2D eigenvalue weighted by molar-refractivity contribution is 0.00768. The van der Waals surface area contributed by atoms with Gasteiger partial charge in [0.1, 0.15) is 6.10 Å². The van der Waals surface area contributed by atoms with E-state index in [1.165, 1.54) is 12.8 Å². The van der Waals surface area contributed by atoms with Gasteiger partial charge in [0.05, 0.1) is 11.7 Å². The van der Waals surface area contributed by atoms with E-state index in [1.54, 1.807) is 6.21 Å². The number of benzene rings is 1. The van der Waals surface area contributed by atoms with Gasteiger partial charge in [-0.3, -0.25) is 4.98 Å². The zero-order valence-corrected chi connectivity index (χ0v) is 14.3. The molecular weight excluding hydrogens is 284 g/mol. The molecule has 1 saturated carbocycles. The predicted molar refractivity (Wildman–Crippen MR) is 95.6 cm³/mol. The van der Waals surface area contributed by atoms with Gasteiger partial charge >= 0.3 is 0 Å². The lowest BCUT2D eigenvalue weighted by Crippen LogP contribution is -2.28. The van der Waals surface area contributed by atoms with Crippen LogP contribution >= 0.6 is 0 Å². The zero-order chi connectivity index (χ0) is 16.3. The lowest BCUT2D eigenvalue weighted by atomic mass is 9.72. The highest BCUT2D eigenvalue weighted by Crippen LogP contribution is 2.38. The summed E-state index contributed by atoms with van der Waals surface area (Å²) in [6, 6.07) is 10.1. The van der Waals surface area contributed by atoms with Crippen LogP contribution in [-0.2, 0) is 4.84 Å². The van der Waals surface area contributed by atoms with Crippen molar-refractivity contribution in [1.29, 1.82) is 0 Å². The molecule has 0 atom stereocenters. The van der Waals surface area contributed by atoms with Gasteiger partial charge in [0.15, 0.2) is 0 Å². The fourth-order valence-corrected chi connectivity index (χ4v) is 3.44. The normalized spacial score (nSPS) is 22.6. The third-order valence-corrected chi connectivity index (χ3v) is 4.96. The molecular formula is C20H26N2O. The first-order valence-electron chi connectivity index (χ1n) is 8.57. The molecule has 0 bridgehead atoms. The SMILES string of the molecule is CC(C)(C)C1CCC(O/N=C\c2cccc3cccnc23)CC1. The quantitative estimate of drug-likeness (QED) is 0.577. The van der Waals surface area contributed by atoms with E-state index >= 15 is 0 Å². The lowest BCUT2D eigenvalue weighted by Gasteiger charge is -2.36. The fraction of sp³-hybridized carbons (Fsp3) is 0.500. The van der Waals surface area contributed by atoms with E-state index in [0.717, 1.165) is 35.2 Å². The Balaban J connectivity index is 1.59. The minimum absolute atomic E-state index is 0.257. The number of oxime groups is 1. The van der Waals surface area contributed by atoms with Crippen molar-refractivity contribution in [3.63, 3.8) is 0 Å². The first kappa shape index (κ1) is 16.0. The maximum absolute atomic E-state index is 5.74. The fourth-order valence-electron chi connectivity index (χ4n) is 3.44. The van der Waals surface area contributed by atoms with Crippen LogP contribution in [0.4, 0.5) is 0 Å². The van der Waals surface area contributed by atoms with E-state index in [4.69, 9.17) is 4.84 Å². The topological polar surface area (TPSA) is 34.5 Å². The summed E-state index contributed by atoms with van der Waals surface area (Å²) in [6.07, 6.45) is 8.55. The Morgan fingerprint density at radius 3 is 2.57 bits per heavy atom. The third kappa shape index (κ3) is 3.90. The highest BCUT2D eigenvalue weighted by atomic mass is 16.6. The second-order valence-corrected chi connectivity index (χ2v) is 7.60. The Kier molecular flexibility index (Phi) is 4.65. The van der Waals surface area contributed by atoms with Crippen molar-refractivity contribution in [3.05, 3.63) is 42.1 Å². The van der Waals surface area contributed by atoms with E-state index in [2.05, 4.69) is 43.0 Å². The van der Waals surface area contributed by atoms with Crippen LogP contribution in [0.1, 0.15) is 52.0 Å². The molecule has 3 rings (SSSR count). The van der Waals surface area contributed by atoms with E-state index in [9.17, 15) is 0 Å². The molecule has 0 N–H and O–H groups in total. The van der Waals surface area contributed by atoms with Crippen molar-refractivity contribution in [1.82, 2.24) is 4.98 Å². The highest BCUT2D eigenvalue weighted by Gasteiger charge is 2.30. The molecule has 1 fully saturated rings. The third-order valence-electron chi connectivity index (χ3n) is 4.96. The highest BCUT2D eigenvalue weighted by molar-refractivity contribution is 5.97. The number of nitrogens with zero attached hydrogens (tertiary/aromatic N) is 2. The van der Waals surface area contributed by atoms with Crippen LogP contribution in [0.5, 0.6) is 0 Å². The maximum Gasteiger partial charge on any atom is 0.127 e. The van der Waals surface area contributed by atoms with Gasteiger partial charge in [-0.1, -0.05) is 50.2 Å². The summed E-state index contributed by atoms with van der Waals surface area (Å²) in [4.78, 5) is 10.2. The zero-order valence-electron chi connectivity index (χ0n) is 14.3. The van der Waals surface area contributed by atoms with Gasteiger partial charge in [-0.2, -0.15) is 0 Å². The Morgan fingerprint density at radius 1 is 1.09 bits per heavy atom. The molecule has 0 unspecified atom stereocenters. The van der Waals surface area contributed by atoms with Crippen LogP contribution in [0.2, 0.25) is 0 Å². The maximum atomic E-state index is 5.74. The van der Waals surface area contributed by atoms with Gasteiger partial charge in [0, 0.05) is 17.1 Å². The molecule has 0 radical (unpaired) electrons. The number of aromatic nitrogens is 1. The van der Waals surface area contributed by atoms with Crippen LogP contribution in [-0.4, -0.2) is 17.3 Å². The van der Waals surface area contributed by atoms with Gasteiger partial charge in [-0.15, -0.1) is 0 Å². The first-order valence-corrected chi connectivity index (χ1v) is 8.57. The molecule has 3 heteroatoms. The smallest absolute Gasteiger partial charge is 0.127 e. The number of hydrogen-bond acceptors (Lipinski definition) is 3. The van der Waals surface area contributed by atoms with E-state index in [0.29, 0.717) is 5.41 Å². The molecule has 0 aliphatic heterocycles. The Labute approximate surface area is 138 Å². The molecule has 1 heterocycles. The van der Waals surface area contributed by atoms with E-state index in [-0.39, 0.29) is 6.10 Å². The Bertz CT molecular complexity index is 674. The van der Waals surface area contributed by atoms with Crippen molar-refractivity contribution >= 4 is 17.1 Å². The summed E-state index contributed by atoms with van der Waals surface area (Å²) in [5.74, 6) is 0.800. The van der Waals surface area contributed by atoms with Gasteiger partial charge in [0.2, 0.25) is 0 Å². The molecule has 23 heavy (non-hydrogen) atoms. The Morgan fingerprint density at radius 2 is 1.83 bits per heavy atom. The van der Waals surface area contributed by atoms with Crippen molar-refractivity contribution < 1.29 is 4.84 Å². The second kappa shape index (κ2) is 6.69. The summed E-state index contributed by atoms with van der Waals surface area (Å²) in [6.45, 7) is 7.01. The first-order chi connectivity index (χ1) is 11.0. The van der Waals surface area contributed by atoms with Crippen LogP contribution in [0, 0.1) is 11.3 Å². The second-order valence-electron chi connectivity index (χ2n) is 7.60. The molecule has 1 aliphatic carbocycles. The average molecular weight is 310 g/mol. The molecule has 1 aliphatic rings. The number of fused-ring (bicyclic) bond motifs is 1. The van der Waals surface area contributed by atoms with Crippen molar-refractivity contribution in [2.24, 2.45) is 16.5 Å². The van der Waals surface area contributed by atoms with E-state index in [1.807, 2.05) is 24.4 Å². The molecule has 2 aromatic rings. The molecule has 0 saturated heterocycles. The standard InChI is InChI=1S/C20H26N2O/c1-20(2,3)17-9-11-18(12-10-17)23-22-14-16-7-4-6-15-8-5-13-21-19(15)16/h4-8,13-14,17-18H,9-12H2,1-3H3/b22-14-. The molecule has 1 aromatic carbocycles. The van der Waals surface area contributed by atoms with Crippen LogP contribution < -0.4 is 0 Å². The van der Waals surface area contributed by atoms with Crippen LogP contribution in [0.25, 0.3) is 10.9 Å². The van der Waals surface area contributed by atoms with Crippen molar-refractivity contribution in [3.8, 4) is 0 Å². The van der Waals surface area contributed by atoms with Crippen molar-refractivity contribution in [2.45, 2.75) is 52.6 Å². The molecule has 3 nitrogen and oxygen atoms in total. The summed E-state index contributed by atoms with van der Waals surface area (Å²) in [5, 5.41) is 5.36. The van der Waals surface area contributed by atoms with Gasteiger partial charge < -0.3 is 4.84 Å². The molecule has 1 aromatic heterocycles. The van der Waals surface area contributed by atoms with Gasteiger partial charge in [0.25, 0.3) is 0 Å². The number of rotatable bonds is 3. The summed E-state index contributed by atoms with van der Waals surface area (Å²) in [5.41, 5.74) is 2.38. The van der Waals surface area contributed by atoms with Crippen LogP contribution in [0.15, 0.2) is 41.7 Å². The number of hydrogen-bond donors (Lipinski definition) is 0. The van der Waals surface area contributed by atoms with Gasteiger partial charge in [-0.05, 0) is 43.1 Å². The Hall–Kier alpha value is -1.90. The summed E-state index contributed by atoms with van der Waals surface area (Å²) in [7, 11) is 0. The molecule has 0 spiro atoms. The minimum atomic E-state index is 0.257. The number of para-hydroxylation sites is 1. The number of pyridine rings is 1. The minimum Gasteiger partial charge on any atom is -0.392 e. The molecule has 122 valence electrons. The van der Waals surface area contributed by atoms with Gasteiger partial charge in [-0.25, -0.2) is 0 Å². The van der Waals surface area contributed by atoms with E-state index < -0.39 is 0 Å².